The molecule has 0 aliphatic rings. The monoisotopic (exact) mass is 263 g/mol. The molecule has 1 aromatic carbocycles. The Labute approximate surface area is 111 Å². The number of rotatable bonds is 5. The van der Waals surface area contributed by atoms with Crippen LogP contribution in [0.5, 0.6) is 0 Å². The highest BCUT2D eigenvalue weighted by atomic mass is 35.5. The highest BCUT2D eigenvalue weighted by molar-refractivity contribution is 6.27. The SMILES string of the molecule is O=C(CCl)NCc1ccccc1Cn1cccn1. The molecular weight excluding hydrogens is 250 g/mol. The van der Waals surface area contributed by atoms with E-state index in [2.05, 4.69) is 10.4 Å². The van der Waals surface area contributed by atoms with Crippen LogP contribution in [-0.4, -0.2) is 21.6 Å². The second-order valence-electron chi connectivity index (χ2n) is 3.88. The molecule has 2 aromatic rings. The standard InChI is InChI=1S/C13H14ClN3O/c14-8-13(18)15-9-11-4-1-2-5-12(11)10-17-7-3-6-16-17/h1-7H,8-10H2,(H,15,18). The summed E-state index contributed by atoms with van der Waals surface area (Å²) in [6.07, 6.45) is 3.66. The van der Waals surface area contributed by atoms with Crippen molar-refractivity contribution in [2.75, 3.05) is 5.88 Å². The second-order valence-corrected chi connectivity index (χ2v) is 4.15. The molecule has 18 heavy (non-hydrogen) atoms. The molecule has 1 aromatic heterocycles. The minimum absolute atomic E-state index is 0.0126. The molecule has 0 atom stereocenters. The van der Waals surface area contributed by atoms with Crippen molar-refractivity contribution >= 4 is 17.5 Å². The average molecular weight is 264 g/mol. The van der Waals surface area contributed by atoms with Crippen molar-refractivity contribution in [3.05, 3.63) is 53.9 Å². The quantitative estimate of drug-likeness (QED) is 0.836. The predicted octanol–water partition coefficient (Wildman–Crippen LogP) is 1.79. The predicted molar refractivity (Wildman–Crippen MR) is 70.3 cm³/mol. The number of nitrogens with one attached hydrogen (secondary N) is 1. The highest BCUT2D eigenvalue weighted by Gasteiger charge is 2.04. The average Bonchev–Trinajstić information content (AvgIpc) is 2.90. The fourth-order valence-electron chi connectivity index (χ4n) is 1.69. The van der Waals surface area contributed by atoms with Crippen LogP contribution in [0.4, 0.5) is 0 Å². The first-order valence-corrected chi connectivity index (χ1v) is 6.20. The van der Waals surface area contributed by atoms with Gasteiger partial charge in [-0.2, -0.15) is 5.10 Å². The van der Waals surface area contributed by atoms with Crippen LogP contribution in [0.1, 0.15) is 11.1 Å². The number of carbonyl (C=O) groups excluding carboxylic acids is 1. The zero-order valence-corrected chi connectivity index (χ0v) is 10.6. The van der Waals surface area contributed by atoms with Gasteiger partial charge in [-0.3, -0.25) is 9.48 Å². The minimum atomic E-state index is -0.162. The number of nitrogens with zero attached hydrogens (tertiary/aromatic N) is 2. The molecule has 1 amide bonds. The topological polar surface area (TPSA) is 46.9 Å². The van der Waals surface area contributed by atoms with E-state index in [4.69, 9.17) is 11.6 Å². The van der Waals surface area contributed by atoms with Crippen molar-refractivity contribution in [3.8, 4) is 0 Å². The van der Waals surface area contributed by atoms with Gasteiger partial charge in [0.25, 0.3) is 0 Å². The third kappa shape index (κ3) is 3.34. The summed E-state index contributed by atoms with van der Waals surface area (Å²) in [6, 6.07) is 9.84. The first-order valence-electron chi connectivity index (χ1n) is 5.66. The summed E-state index contributed by atoms with van der Waals surface area (Å²) >= 11 is 5.45. The first kappa shape index (κ1) is 12.6. The molecule has 4 nitrogen and oxygen atoms in total. The third-order valence-electron chi connectivity index (χ3n) is 2.61. The first-order chi connectivity index (χ1) is 8.79. The molecule has 1 N–H and O–H groups in total. The van der Waals surface area contributed by atoms with Gasteiger partial charge in [0.15, 0.2) is 0 Å². The normalized spacial score (nSPS) is 10.3. The zero-order chi connectivity index (χ0) is 12.8. The van der Waals surface area contributed by atoms with Gasteiger partial charge in [-0.25, -0.2) is 0 Å². The Morgan fingerprint density at radius 3 is 2.72 bits per heavy atom. The van der Waals surface area contributed by atoms with E-state index in [1.165, 1.54) is 0 Å². The Morgan fingerprint density at radius 1 is 1.28 bits per heavy atom. The van der Waals surface area contributed by atoms with Crippen LogP contribution >= 0.6 is 11.6 Å². The molecule has 0 aliphatic heterocycles. The maximum absolute atomic E-state index is 11.2. The van der Waals surface area contributed by atoms with Crippen LogP contribution in [0, 0.1) is 0 Å². The van der Waals surface area contributed by atoms with E-state index in [0.717, 1.165) is 11.1 Å². The van der Waals surface area contributed by atoms with Gasteiger partial charge in [-0.15, -0.1) is 11.6 Å². The highest BCUT2D eigenvalue weighted by Crippen LogP contribution is 2.10. The van der Waals surface area contributed by atoms with Gasteiger partial charge in [0.05, 0.1) is 6.54 Å². The Kier molecular flexibility index (Phi) is 4.36. The lowest BCUT2D eigenvalue weighted by molar-refractivity contribution is -0.118. The molecule has 0 radical (unpaired) electrons. The molecule has 0 bridgehead atoms. The summed E-state index contributed by atoms with van der Waals surface area (Å²) in [5.74, 6) is -0.174. The van der Waals surface area contributed by atoms with Crippen molar-refractivity contribution in [2.45, 2.75) is 13.1 Å². The van der Waals surface area contributed by atoms with Gasteiger partial charge in [0.1, 0.15) is 5.88 Å². The summed E-state index contributed by atoms with van der Waals surface area (Å²) in [7, 11) is 0. The van der Waals surface area contributed by atoms with E-state index in [9.17, 15) is 4.79 Å². The number of halogens is 1. The van der Waals surface area contributed by atoms with Crippen molar-refractivity contribution < 1.29 is 4.79 Å². The van der Waals surface area contributed by atoms with Gasteiger partial charge < -0.3 is 5.32 Å². The number of benzene rings is 1. The van der Waals surface area contributed by atoms with Gasteiger partial charge in [-0.05, 0) is 17.2 Å². The summed E-state index contributed by atoms with van der Waals surface area (Å²) in [4.78, 5) is 11.2. The molecule has 0 aliphatic carbocycles. The molecule has 0 spiro atoms. The molecular formula is C13H14ClN3O. The van der Waals surface area contributed by atoms with Crippen LogP contribution in [-0.2, 0) is 17.9 Å². The second kappa shape index (κ2) is 6.21. The lowest BCUT2D eigenvalue weighted by Gasteiger charge is -2.10. The summed E-state index contributed by atoms with van der Waals surface area (Å²) in [6.45, 7) is 1.18. The maximum Gasteiger partial charge on any atom is 0.235 e. The number of aromatic nitrogens is 2. The van der Waals surface area contributed by atoms with Crippen LogP contribution < -0.4 is 5.32 Å². The number of amides is 1. The summed E-state index contributed by atoms with van der Waals surface area (Å²) in [5, 5.41) is 6.94. The molecule has 94 valence electrons. The van der Waals surface area contributed by atoms with Gasteiger partial charge in [0, 0.05) is 18.9 Å². The molecule has 0 saturated heterocycles. The van der Waals surface area contributed by atoms with Crippen molar-refractivity contribution in [3.63, 3.8) is 0 Å². The minimum Gasteiger partial charge on any atom is -0.351 e. The van der Waals surface area contributed by atoms with Crippen molar-refractivity contribution in [1.29, 1.82) is 0 Å². The lowest BCUT2D eigenvalue weighted by atomic mass is 10.1. The number of hydrogen-bond donors (Lipinski definition) is 1. The van der Waals surface area contributed by atoms with E-state index in [1.54, 1.807) is 6.20 Å². The van der Waals surface area contributed by atoms with E-state index in [-0.39, 0.29) is 11.8 Å². The van der Waals surface area contributed by atoms with E-state index >= 15 is 0 Å². The Bertz CT molecular complexity index is 511. The maximum atomic E-state index is 11.2. The van der Waals surface area contributed by atoms with Gasteiger partial charge in [-0.1, -0.05) is 24.3 Å². The van der Waals surface area contributed by atoms with Crippen molar-refractivity contribution in [2.24, 2.45) is 0 Å². The summed E-state index contributed by atoms with van der Waals surface area (Å²) in [5.41, 5.74) is 2.21. The van der Waals surface area contributed by atoms with E-state index < -0.39 is 0 Å². The van der Waals surface area contributed by atoms with Gasteiger partial charge >= 0.3 is 0 Å². The van der Waals surface area contributed by atoms with Crippen LogP contribution in [0.2, 0.25) is 0 Å². The molecule has 2 rings (SSSR count). The molecule has 0 unspecified atom stereocenters. The number of hydrogen-bond acceptors (Lipinski definition) is 2. The smallest absolute Gasteiger partial charge is 0.235 e. The fraction of sp³-hybridized carbons (Fsp3) is 0.231. The number of carbonyl (C=O) groups is 1. The molecule has 0 fully saturated rings. The molecule has 5 heteroatoms. The Balaban J connectivity index is 2.08. The van der Waals surface area contributed by atoms with Gasteiger partial charge in [0.2, 0.25) is 5.91 Å². The third-order valence-corrected chi connectivity index (χ3v) is 2.85. The van der Waals surface area contributed by atoms with Crippen LogP contribution in [0.3, 0.4) is 0 Å². The van der Waals surface area contributed by atoms with E-state index in [0.29, 0.717) is 13.1 Å². The summed E-state index contributed by atoms with van der Waals surface area (Å²) < 4.78 is 1.85. The van der Waals surface area contributed by atoms with Crippen LogP contribution in [0.15, 0.2) is 42.7 Å². The largest absolute Gasteiger partial charge is 0.351 e. The Morgan fingerprint density at radius 2 is 2.06 bits per heavy atom. The lowest BCUT2D eigenvalue weighted by Crippen LogP contribution is -2.24. The van der Waals surface area contributed by atoms with E-state index in [1.807, 2.05) is 41.2 Å². The van der Waals surface area contributed by atoms with Crippen molar-refractivity contribution in [1.82, 2.24) is 15.1 Å². The fourth-order valence-corrected chi connectivity index (χ4v) is 1.79. The molecule has 0 saturated carbocycles. The number of alkyl halides is 1. The molecule has 1 heterocycles. The van der Waals surface area contributed by atoms with Crippen LogP contribution in [0.25, 0.3) is 0 Å². The zero-order valence-electron chi connectivity index (χ0n) is 9.84. The Hall–Kier alpha value is -1.81.